The molecule has 1 aromatic heterocycles. The molecule has 2 atom stereocenters. The molecule has 31 heavy (non-hydrogen) atoms. The highest BCUT2D eigenvalue weighted by Gasteiger charge is 2.39. The predicted molar refractivity (Wildman–Crippen MR) is 117 cm³/mol. The van der Waals surface area contributed by atoms with Crippen LogP contribution in [0.1, 0.15) is 69.4 Å². The minimum Gasteiger partial charge on any atom is -0.493 e. The summed E-state index contributed by atoms with van der Waals surface area (Å²) in [5, 5.41) is 26.4. The lowest BCUT2D eigenvalue weighted by Crippen LogP contribution is -2.38. The van der Waals surface area contributed by atoms with Gasteiger partial charge < -0.3 is 30.2 Å². The van der Waals surface area contributed by atoms with Gasteiger partial charge in [0, 0.05) is 12.1 Å². The molecule has 2 aromatic rings. The molecule has 9 nitrogen and oxygen atoms in total. The van der Waals surface area contributed by atoms with Gasteiger partial charge in [0.25, 0.3) is 5.89 Å². The van der Waals surface area contributed by atoms with Gasteiger partial charge in [0.15, 0.2) is 0 Å². The van der Waals surface area contributed by atoms with E-state index in [1.807, 2.05) is 25.1 Å². The minimum absolute atomic E-state index is 0.0935. The maximum atomic E-state index is 10.3. The van der Waals surface area contributed by atoms with Gasteiger partial charge in [-0.15, -0.1) is 0 Å². The lowest BCUT2D eigenvalue weighted by atomic mass is 10.1. The lowest BCUT2D eigenvalue weighted by Gasteiger charge is -2.22. The number of benzene rings is 1. The number of aliphatic hydroxyl groups is 1. The van der Waals surface area contributed by atoms with Crippen molar-refractivity contribution in [1.29, 1.82) is 0 Å². The van der Waals surface area contributed by atoms with Crippen molar-refractivity contribution in [2.75, 3.05) is 13.2 Å². The first-order valence-corrected chi connectivity index (χ1v) is 11.0. The van der Waals surface area contributed by atoms with Gasteiger partial charge >= 0.3 is 0 Å². The van der Waals surface area contributed by atoms with Crippen molar-refractivity contribution in [3.05, 3.63) is 29.7 Å². The van der Waals surface area contributed by atoms with Gasteiger partial charge in [-0.2, -0.15) is 4.98 Å². The zero-order valence-electron chi connectivity index (χ0n) is 18.3. The van der Waals surface area contributed by atoms with Gasteiger partial charge in [0.05, 0.1) is 12.7 Å². The molecule has 3 rings (SSSR count). The Morgan fingerprint density at radius 2 is 2.06 bits per heavy atom. The molecule has 1 aliphatic rings. The summed E-state index contributed by atoms with van der Waals surface area (Å²) >= 11 is 0. The van der Waals surface area contributed by atoms with E-state index in [9.17, 15) is 5.11 Å². The number of likely N-dealkylation sites (tertiary alicyclic amines) is 1. The summed E-state index contributed by atoms with van der Waals surface area (Å²) in [7, 11) is 0. The van der Waals surface area contributed by atoms with Gasteiger partial charge in [-0.05, 0) is 43.5 Å². The van der Waals surface area contributed by atoms with Crippen LogP contribution in [0, 0.1) is 6.92 Å². The molecule has 0 radical (unpaired) electrons. The highest BCUT2D eigenvalue weighted by atomic mass is 16.5. The van der Waals surface area contributed by atoms with Crippen molar-refractivity contribution < 1.29 is 19.6 Å². The Hall–Kier alpha value is -2.81. The van der Waals surface area contributed by atoms with Crippen molar-refractivity contribution in [3.63, 3.8) is 0 Å². The fourth-order valence-corrected chi connectivity index (χ4v) is 3.88. The van der Waals surface area contributed by atoms with Crippen LogP contribution in [0.4, 0.5) is 0 Å². The summed E-state index contributed by atoms with van der Waals surface area (Å²) in [5.41, 5.74) is 7.50. The SMILES string of the molecule is CCCCCCCCOc1ccc(-c2noc([C@@H]3[C@@H](O)CCN3/C(N)=N/O)n2)cc1C. The third kappa shape index (κ3) is 5.66. The highest BCUT2D eigenvalue weighted by Crippen LogP contribution is 2.33. The maximum absolute atomic E-state index is 10.3. The second kappa shape index (κ2) is 11.0. The van der Waals surface area contributed by atoms with Gasteiger partial charge in [-0.1, -0.05) is 49.3 Å². The molecule has 1 aromatic carbocycles. The van der Waals surface area contributed by atoms with Gasteiger partial charge in [-0.25, -0.2) is 0 Å². The molecule has 1 fully saturated rings. The number of hydrogen-bond acceptors (Lipinski definition) is 7. The van der Waals surface area contributed by atoms with Crippen LogP contribution in [0.2, 0.25) is 0 Å². The van der Waals surface area contributed by atoms with Crippen molar-refractivity contribution in [2.24, 2.45) is 10.9 Å². The quantitative estimate of drug-likeness (QED) is 0.171. The summed E-state index contributed by atoms with van der Waals surface area (Å²) < 4.78 is 11.3. The molecule has 170 valence electrons. The van der Waals surface area contributed by atoms with Gasteiger partial charge in [0.2, 0.25) is 11.8 Å². The van der Waals surface area contributed by atoms with E-state index in [1.54, 1.807) is 4.90 Å². The number of nitrogens with two attached hydrogens (primary N) is 1. The molecule has 1 saturated heterocycles. The van der Waals surface area contributed by atoms with E-state index in [2.05, 4.69) is 22.2 Å². The standard InChI is InChI=1S/C22H33N5O4/c1-3-4-5-6-7-8-13-30-18-10-9-16(14-15(18)2)20-24-21(31-26-20)19-17(28)11-12-27(19)22(23)25-29/h9-10,14,17,19,28-29H,3-8,11-13H2,1-2H3,(H2,23,25)/t17-,19-/m0/s1. The average Bonchev–Trinajstić information content (AvgIpc) is 3.40. The normalized spacial score (nSPS) is 19.2. The molecule has 2 heterocycles. The molecular weight excluding hydrogens is 398 g/mol. The zero-order chi connectivity index (χ0) is 22.2. The third-order valence-electron chi connectivity index (χ3n) is 5.65. The first-order chi connectivity index (χ1) is 15.0. The zero-order valence-corrected chi connectivity index (χ0v) is 18.3. The number of aliphatic hydroxyl groups excluding tert-OH is 1. The summed E-state index contributed by atoms with van der Waals surface area (Å²) in [4.78, 5) is 6.00. The molecule has 0 aliphatic carbocycles. The Morgan fingerprint density at radius 3 is 2.81 bits per heavy atom. The molecule has 4 N–H and O–H groups in total. The summed E-state index contributed by atoms with van der Waals surface area (Å²) in [6.45, 7) is 5.35. The van der Waals surface area contributed by atoms with Crippen LogP contribution in [0.15, 0.2) is 27.9 Å². The maximum Gasteiger partial charge on any atom is 0.252 e. The number of ether oxygens (including phenoxy) is 1. The molecule has 0 spiro atoms. The monoisotopic (exact) mass is 431 g/mol. The van der Waals surface area contributed by atoms with Crippen LogP contribution in [-0.2, 0) is 0 Å². The highest BCUT2D eigenvalue weighted by molar-refractivity contribution is 5.78. The van der Waals surface area contributed by atoms with Crippen LogP contribution in [-0.4, -0.2) is 50.6 Å². The molecule has 0 amide bonds. The van der Waals surface area contributed by atoms with Crippen LogP contribution >= 0.6 is 0 Å². The van der Waals surface area contributed by atoms with Crippen molar-refractivity contribution >= 4 is 5.96 Å². The fraction of sp³-hybridized carbons (Fsp3) is 0.591. The molecule has 1 aliphatic heterocycles. The molecule has 0 unspecified atom stereocenters. The van der Waals surface area contributed by atoms with E-state index in [0.29, 0.717) is 25.4 Å². The Kier molecular flexibility index (Phi) is 8.11. The molecule has 0 bridgehead atoms. The predicted octanol–water partition coefficient (Wildman–Crippen LogP) is 3.60. The molecule has 0 saturated carbocycles. The minimum atomic E-state index is -0.743. The first kappa shape index (κ1) is 22.9. The van der Waals surface area contributed by atoms with E-state index >= 15 is 0 Å². The Balaban J connectivity index is 1.61. The van der Waals surface area contributed by atoms with Crippen LogP contribution in [0.5, 0.6) is 5.75 Å². The number of oxime groups is 1. The molecular formula is C22H33N5O4. The molecule has 9 heteroatoms. The van der Waals surface area contributed by atoms with Crippen molar-refractivity contribution in [3.8, 4) is 17.1 Å². The van der Waals surface area contributed by atoms with Crippen LogP contribution < -0.4 is 10.5 Å². The van der Waals surface area contributed by atoms with E-state index < -0.39 is 12.1 Å². The second-order valence-electron chi connectivity index (χ2n) is 8.01. The number of rotatable bonds is 10. The fourth-order valence-electron chi connectivity index (χ4n) is 3.88. The Morgan fingerprint density at radius 1 is 1.29 bits per heavy atom. The van der Waals surface area contributed by atoms with Crippen molar-refractivity contribution in [2.45, 2.75) is 70.9 Å². The first-order valence-electron chi connectivity index (χ1n) is 11.0. The summed E-state index contributed by atoms with van der Waals surface area (Å²) in [6.07, 6.45) is 7.09. The number of nitrogens with zero attached hydrogens (tertiary/aromatic N) is 4. The van der Waals surface area contributed by atoms with Gasteiger partial charge in [-0.3, -0.25) is 0 Å². The third-order valence-corrected chi connectivity index (χ3v) is 5.65. The van der Waals surface area contributed by atoms with Gasteiger partial charge in [0.1, 0.15) is 11.8 Å². The second-order valence-corrected chi connectivity index (χ2v) is 8.01. The number of hydrogen-bond donors (Lipinski definition) is 3. The van der Waals surface area contributed by atoms with Crippen LogP contribution in [0.3, 0.4) is 0 Å². The van der Waals surface area contributed by atoms with E-state index in [1.165, 1.54) is 32.1 Å². The number of aryl methyl sites for hydroxylation is 1. The Labute approximate surface area is 182 Å². The van der Waals surface area contributed by atoms with Crippen LogP contribution in [0.25, 0.3) is 11.4 Å². The number of guanidine groups is 1. The smallest absolute Gasteiger partial charge is 0.252 e. The summed E-state index contributed by atoms with van der Waals surface area (Å²) in [6, 6.07) is 5.13. The number of unbranched alkanes of at least 4 members (excludes halogenated alkanes) is 5. The van der Waals surface area contributed by atoms with E-state index in [-0.39, 0.29) is 11.9 Å². The lowest BCUT2D eigenvalue weighted by molar-refractivity contribution is 0.117. The average molecular weight is 432 g/mol. The topological polar surface area (TPSA) is 130 Å². The van der Waals surface area contributed by atoms with Crippen molar-refractivity contribution in [1.82, 2.24) is 15.0 Å². The summed E-state index contributed by atoms with van der Waals surface area (Å²) in [5.74, 6) is 1.40. The largest absolute Gasteiger partial charge is 0.493 e. The Bertz CT molecular complexity index is 869. The van der Waals surface area contributed by atoms with E-state index in [4.69, 9.17) is 20.2 Å². The number of aromatic nitrogens is 2. The van der Waals surface area contributed by atoms with E-state index in [0.717, 1.165) is 23.3 Å².